The third kappa shape index (κ3) is 1.70. The van der Waals surface area contributed by atoms with Gasteiger partial charge >= 0.3 is 5.97 Å². The Hall–Kier alpha value is -1.14. The van der Waals surface area contributed by atoms with Crippen LogP contribution in [0.3, 0.4) is 0 Å². The van der Waals surface area contributed by atoms with Crippen LogP contribution in [0.5, 0.6) is 0 Å². The molecule has 84 valence electrons. The highest BCUT2D eigenvalue weighted by Gasteiger charge is 2.44. The van der Waals surface area contributed by atoms with Gasteiger partial charge in [-0.3, -0.25) is 4.79 Å². The molecule has 0 aromatic rings. The number of carbonyl (C=O) groups excluding carboxylic acids is 1. The van der Waals surface area contributed by atoms with Crippen LogP contribution in [0.1, 0.15) is 19.3 Å². The molecule has 6 nitrogen and oxygen atoms in total. The van der Waals surface area contributed by atoms with E-state index in [-0.39, 0.29) is 5.91 Å². The number of nitrogens with two attached hydrogens (primary N) is 1. The lowest BCUT2D eigenvalue weighted by Crippen LogP contribution is -2.50. The molecule has 0 aromatic carbocycles. The largest absolute Gasteiger partial charge is 0.480 e. The molecule has 2 saturated heterocycles. The van der Waals surface area contributed by atoms with Gasteiger partial charge in [-0.2, -0.15) is 0 Å². The van der Waals surface area contributed by atoms with E-state index < -0.39 is 24.3 Å². The third-order valence-corrected chi connectivity index (χ3v) is 2.93. The first kappa shape index (κ1) is 10.4. The Kier molecular flexibility index (Phi) is 2.62. The second kappa shape index (κ2) is 3.79. The zero-order chi connectivity index (χ0) is 11.0. The summed E-state index contributed by atoms with van der Waals surface area (Å²) in [6.45, 7) is 0.417. The number of carboxylic acids is 1. The molecule has 2 fully saturated rings. The summed E-state index contributed by atoms with van der Waals surface area (Å²) in [4.78, 5) is 24.0. The maximum Gasteiger partial charge on any atom is 0.326 e. The van der Waals surface area contributed by atoms with Crippen LogP contribution in [0.15, 0.2) is 0 Å². The molecule has 2 rings (SSSR count). The lowest BCUT2D eigenvalue weighted by molar-refractivity contribution is -0.155. The van der Waals surface area contributed by atoms with Gasteiger partial charge in [-0.15, -0.1) is 0 Å². The summed E-state index contributed by atoms with van der Waals surface area (Å²) < 4.78 is 5.41. The second-order valence-corrected chi connectivity index (χ2v) is 3.90. The normalized spacial score (nSPS) is 36.2. The number of carbonyl (C=O) groups is 2. The van der Waals surface area contributed by atoms with E-state index in [1.165, 1.54) is 4.90 Å². The first-order valence-electron chi connectivity index (χ1n) is 5.03. The number of ether oxygens (including phenoxy) is 1. The van der Waals surface area contributed by atoms with Crippen LogP contribution in [-0.2, 0) is 14.3 Å². The minimum atomic E-state index is -0.983. The first-order valence-corrected chi connectivity index (χ1v) is 5.03. The highest BCUT2D eigenvalue weighted by Crippen LogP contribution is 2.28. The van der Waals surface area contributed by atoms with Crippen molar-refractivity contribution < 1.29 is 19.4 Å². The van der Waals surface area contributed by atoms with Crippen molar-refractivity contribution in [2.75, 3.05) is 6.61 Å². The maximum atomic E-state index is 11.8. The quantitative estimate of drug-likeness (QED) is 0.592. The van der Waals surface area contributed by atoms with Crippen molar-refractivity contribution >= 4 is 11.9 Å². The van der Waals surface area contributed by atoms with Crippen molar-refractivity contribution in [2.45, 2.75) is 37.6 Å². The summed E-state index contributed by atoms with van der Waals surface area (Å²) in [7, 11) is 0. The Bertz CT molecular complexity index is 294. The van der Waals surface area contributed by atoms with Crippen LogP contribution < -0.4 is 5.73 Å². The number of hydrogen-bond donors (Lipinski definition) is 2. The minimum Gasteiger partial charge on any atom is -0.480 e. The van der Waals surface area contributed by atoms with E-state index in [4.69, 9.17) is 15.6 Å². The van der Waals surface area contributed by atoms with E-state index in [9.17, 15) is 9.59 Å². The summed E-state index contributed by atoms with van der Waals surface area (Å²) in [5.41, 5.74) is 5.63. The summed E-state index contributed by atoms with van der Waals surface area (Å²) in [5.74, 6) is -1.29. The smallest absolute Gasteiger partial charge is 0.326 e. The monoisotopic (exact) mass is 214 g/mol. The molecule has 0 aromatic heterocycles. The average molecular weight is 214 g/mol. The molecule has 3 unspecified atom stereocenters. The van der Waals surface area contributed by atoms with Crippen LogP contribution in [-0.4, -0.2) is 46.8 Å². The number of amides is 1. The lowest BCUT2D eigenvalue weighted by atomic mass is 10.1. The SMILES string of the molecule is NC1CCOC2CCC(C(=O)O)N2C1=O. The molecule has 0 spiro atoms. The Morgan fingerprint density at radius 3 is 2.87 bits per heavy atom. The van der Waals surface area contributed by atoms with E-state index in [0.717, 1.165) is 0 Å². The fourth-order valence-electron chi connectivity index (χ4n) is 2.13. The number of nitrogens with zero attached hydrogens (tertiary/aromatic N) is 1. The molecule has 3 atom stereocenters. The van der Waals surface area contributed by atoms with E-state index in [2.05, 4.69) is 0 Å². The number of hydrogen-bond acceptors (Lipinski definition) is 4. The molecule has 15 heavy (non-hydrogen) atoms. The van der Waals surface area contributed by atoms with Gasteiger partial charge in [0.05, 0.1) is 12.6 Å². The molecule has 0 saturated carbocycles. The van der Waals surface area contributed by atoms with Gasteiger partial charge in [-0.25, -0.2) is 4.79 Å². The maximum absolute atomic E-state index is 11.8. The van der Waals surface area contributed by atoms with Gasteiger partial charge in [0.25, 0.3) is 0 Å². The van der Waals surface area contributed by atoms with Crippen molar-refractivity contribution in [2.24, 2.45) is 5.73 Å². The highest BCUT2D eigenvalue weighted by molar-refractivity contribution is 5.87. The van der Waals surface area contributed by atoms with Gasteiger partial charge < -0.3 is 20.5 Å². The molecule has 2 aliphatic rings. The van der Waals surface area contributed by atoms with Gasteiger partial charge in [0.2, 0.25) is 5.91 Å². The Labute approximate surface area is 87.0 Å². The number of rotatable bonds is 1. The number of fused-ring (bicyclic) bond motifs is 1. The molecule has 0 radical (unpaired) electrons. The standard InChI is InChI=1S/C9H14N2O4/c10-5-3-4-15-7-2-1-6(9(13)14)11(7)8(5)12/h5-7H,1-4,10H2,(H,13,14). The van der Waals surface area contributed by atoms with Crippen LogP contribution in [0.25, 0.3) is 0 Å². The number of carboxylic acid groups (broad SMARTS) is 1. The van der Waals surface area contributed by atoms with Crippen LogP contribution in [0.2, 0.25) is 0 Å². The molecule has 0 bridgehead atoms. The molecule has 0 aliphatic carbocycles. The summed E-state index contributed by atoms with van der Waals surface area (Å²) in [6.07, 6.45) is 1.08. The van der Waals surface area contributed by atoms with E-state index in [0.29, 0.717) is 25.9 Å². The van der Waals surface area contributed by atoms with E-state index >= 15 is 0 Å². The van der Waals surface area contributed by atoms with Crippen molar-refractivity contribution in [3.8, 4) is 0 Å². The molecule has 6 heteroatoms. The van der Waals surface area contributed by atoms with Gasteiger partial charge in [-0.05, 0) is 19.3 Å². The fraction of sp³-hybridized carbons (Fsp3) is 0.778. The van der Waals surface area contributed by atoms with Crippen LogP contribution in [0.4, 0.5) is 0 Å². The predicted molar refractivity (Wildman–Crippen MR) is 49.8 cm³/mol. The van der Waals surface area contributed by atoms with Gasteiger partial charge in [0.1, 0.15) is 12.3 Å². The van der Waals surface area contributed by atoms with Crippen molar-refractivity contribution in [1.82, 2.24) is 4.90 Å². The second-order valence-electron chi connectivity index (χ2n) is 3.90. The molecule has 1 amide bonds. The van der Waals surface area contributed by atoms with Gasteiger partial charge in [0.15, 0.2) is 0 Å². The zero-order valence-electron chi connectivity index (χ0n) is 8.26. The Morgan fingerprint density at radius 2 is 2.20 bits per heavy atom. The highest BCUT2D eigenvalue weighted by atomic mass is 16.5. The summed E-state index contributed by atoms with van der Waals surface area (Å²) in [5, 5.41) is 8.96. The third-order valence-electron chi connectivity index (χ3n) is 2.93. The van der Waals surface area contributed by atoms with E-state index in [1.807, 2.05) is 0 Å². The predicted octanol–water partition coefficient (Wildman–Crippen LogP) is -0.864. The first-order chi connectivity index (χ1) is 7.11. The molecule has 2 aliphatic heterocycles. The van der Waals surface area contributed by atoms with Gasteiger partial charge in [0, 0.05) is 0 Å². The van der Waals surface area contributed by atoms with Crippen molar-refractivity contribution in [1.29, 1.82) is 0 Å². The Balaban J connectivity index is 2.23. The average Bonchev–Trinajstić information content (AvgIpc) is 2.55. The minimum absolute atomic E-state index is 0.303. The Morgan fingerprint density at radius 1 is 1.47 bits per heavy atom. The molecule has 2 heterocycles. The topological polar surface area (TPSA) is 92.9 Å². The fourth-order valence-corrected chi connectivity index (χ4v) is 2.13. The van der Waals surface area contributed by atoms with Crippen LogP contribution >= 0.6 is 0 Å². The van der Waals surface area contributed by atoms with Crippen molar-refractivity contribution in [3.05, 3.63) is 0 Å². The summed E-state index contributed by atoms with van der Waals surface area (Å²) >= 11 is 0. The van der Waals surface area contributed by atoms with E-state index in [1.54, 1.807) is 0 Å². The van der Waals surface area contributed by atoms with Crippen molar-refractivity contribution in [3.63, 3.8) is 0 Å². The van der Waals surface area contributed by atoms with Gasteiger partial charge in [-0.1, -0.05) is 0 Å². The van der Waals surface area contributed by atoms with Crippen LogP contribution in [0, 0.1) is 0 Å². The zero-order valence-corrected chi connectivity index (χ0v) is 8.26. The number of aliphatic carboxylic acids is 1. The molecule has 3 N–H and O–H groups in total. The molecular weight excluding hydrogens is 200 g/mol. The summed E-state index contributed by atoms with van der Waals surface area (Å²) in [6, 6.07) is -1.40. The lowest BCUT2D eigenvalue weighted by Gasteiger charge is -2.26. The molecular formula is C9H14N2O4.